The summed E-state index contributed by atoms with van der Waals surface area (Å²) in [6.07, 6.45) is 0. The number of nitriles is 1. The summed E-state index contributed by atoms with van der Waals surface area (Å²) in [6, 6.07) is 12.9. The second-order valence-corrected chi connectivity index (χ2v) is 6.86. The summed E-state index contributed by atoms with van der Waals surface area (Å²) in [6.45, 7) is 0. The van der Waals surface area contributed by atoms with Crippen molar-refractivity contribution in [1.29, 1.82) is 5.26 Å². The lowest BCUT2D eigenvalue weighted by Gasteiger charge is -2.07. The van der Waals surface area contributed by atoms with Gasteiger partial charge < -0.3 is 9.88 Å². The molecule has 0 aliphatic heterocycles. The first-order valence-corrected chi connectivity index (χ1v) is 9.12. The Hall–Kier alpha value is -2.89. The molecule has 0 radical (unpaired) electrons. The van der Waals surface area contributed by atoms with Crippen molar-refractivity contribution in [1.82, 2.24) is 14.8 Å². The molecule has 1 heterocycles. The zero-order valence-electron chi connectivity index (χ0n) is 14.1. The van der Waals surface area contributed by atoms with Gasteiger partial charge in [-0.3, -0.25) is 4.79 Å². The third kappa shape index (κ3) is 4.27. The maximum atomic E-state index is 13.9. The van der Waals surface area contributed by atoms with E-state index < -0.39 is 5.82 Å². The number of hydrogen-bond donors (Lipinski definition) is 1. The van der Waals surface area contributed by atoms with Crippen LogP contribution in [0, 0.1) is 17.1 Å². The van der Waals surface area contributed by atoms with Crippen LogP contribution in [0.1, 0.15) is 5.56 Å². The summed E-state index contributed by atoms with van der Waals surface area (Å²) < 4.78 is 15.6. The number of rotatable bonds is 5. The van der Waals surface area contributed by atoms with Gasteiger partial charge in [0.05, 0.1) is 22.6 Å². The average Bonchev–Trinajstić information content (AvgIpc) is 3.01. The molecule has 0 unspecified atom stereocenters. The second-order valence-electron chi connectivity index (χ2n) is 5.48. The van der Waals surface area contributed by atoms with E-state index in [0.717, 1.165) is 11.8 Å². The molecule has 0 aliphatic rings. The highest BCUT2D eigenvalue weighted by atomic mass is 35.5. The molecule has 6 nitrogen and oxygen atoms in total. The molecule has 9 heteroatoms. The van der Waals surface area contributed by atoms with Gasteiger partial charge in [-0.15, -0.1) is 10.2 Å². The molecule has 1 amide bonds. The van der Waals surface area contributed by atoms with Crippen molar-refractivity contribution in [2.75, 3.05) is 11.1 Å². The monoisotopic (exact) mass is 401 g/mol. The highest BCUT2D eigenvalue weighted by Gasteiger charge is 2.16. The Labute approximate surface area is 164 Å². The molecule has 1 N–H and O–H groups in total. The molecule has 0 spiro atoms. The Kier molecular flexibility index (Phi) is 5.74. The SMILES string of the molecule is Cn1c(SCC(=O)Nc2cc(Cl)ccc2C#N)nnc1-c1ccccc1F. The Morgan fingerprint density at radius 3 is 2.85 bits per heavy atom. The van der Waals surface area contributed by atoms with Gasteiger partial charge in [-0.1, -0.05) is 35.5 Å². The first-order chi connectivity index (χ1) is 13.0. The molecule has 3 aromatic rings. The van der Waals surface area contributed by atoms with E-state index in [1.54, 1.807) is 35.9 Å². The van der Waals surface area contributed by atoms with Gasteiger partial charge in [-0.25, -0.2) is 4.39 Å². The maximum absolute atomic E-state index is 13.9. The van der Waals surface area contributed by atoms with Crippen molar-refractivity contribution in [3.8, 4) is 17.5 Å². The fourth-order valence-electron chi connectivity index (χ4n) is 2.35. The van der Waals surface area contributed by atoms with Crippen molar-refractivity contribution in [2.24, 2.45) is 7.05 Å². The molecule has 27 heavy (non-hydrogen) atoms. The van der Waals surface area contributed by atoms with E-state index in [1.165, 1.54) is 18.2 Å². The van der Waals surface area contributed by atoms with Gasteiger partial charge in [0.2, 0.25) is 5.91 Å². The standard InChI is InChI=1S/C18H13ClFN5OS/c1-25-17(13-4-2-3-5-14(13)20)23-24-18(25)27-10-16(26)22-15-8-12(19)7-6-11(15)9-21/h2-8H,10H2,1H3,(H,22,26). The molecule has 2 aromatic carbocycles. The highest BCUT2D eigenvalue weighted by Crippen LogP contribution is 2.25. The molecule has 0 fully saturated rings. The first-order valence-electron chi connectivity index (χ1n) is 7.76. The van der Waals surface area contributed by atoms with Crippen LogP contribution in [-0.4, -0.2) is 26.4 Å². The molecule has 0 saturated carbocycles. The number of halogens is 2. The summed E-state index contributed by atoms with van der Waals surface area (Å²) in [5.41, 5.74) is 1.00. The smallest absolute Gasteiger partial charge is 0.234 e. The van der Waals surface area contributed by atoms with Crippen molar-refractivity contribution >= 4 is 35.0 Å². The van der Waals surface area contributed by atoms with E-state index in [2.05, 4.69) is 15.5 Å². The predicted molar refractivity (Wildman–Crippen MR) is 102 cm³/mol. The van der Waals surface area contributed by atoms with Crippen molar-refractivity contribution in [2.45, 2.75) is 5.16 Å². The number of nitrogens with zero attached hydrogens (tertiary/aromatic N) is 4. The van der Waals surface area contributed by atoms with E-state index in [0.29, 0.717) is 32.8 Å². The Morgan fingerprint density at radius 2 is 2.11 bits per heavy atom. The summed E-state index contributed by atoms with van der Waals surface area (Å²) in [7, 11) is 1.70. The van der Waals surface area contributed by atoms with Crippen molar-refractivity contribution in [3.05, 3.63) is 58.9 Å². The molecule has 136 valence electrons. The van der Waals surface area contributed by atoms with Crippen LogP contribution in [0.15, 0.2) is 47.6 Å². The number of thioether (sulfide) groups is 1. The Bertz CT molecular complexity index is 1050. The van der Waals surface area contributed by atoms with Crippen LogP contribution in [0.25, 0.3) is 11.4 Å². The lowest BCUT2D eigenvalue weighted by atomic mass is 10.2. The quantitative estimate of drug-likeness (QED) is 0.656. The Morgan fingerprint density at radius 1 is 1.33 bits per heavy atom. The lowest BCUT2D eigenvalue weighted by molar-refractivity contribution is -0.113. The Balaban J connectivity index is 1.69. The van der Waals surface area contributed by atoms with E-state index in [1.807, 2.05) is 6.07 Å². The molecular weight excluding hydrogens is 389 g/mol. The van der Waals surface area contributed by atoms with E-state index in [-0.39, 0.29) is 11.7 Å². The van der Waals surface area contributed by atoms with Gasteiger partial charge in [-0.05, 0) is 30.3 Å². The van der Waals surface area contributed by atoms with Crippen LogP contribution < -0.4 is 5.32 Å². The summed E-state index contributed by atoms with van der Waals surface area (Å²) in [5, 5.41) is 20.7. The number of aromatic nitrogens is 3. The van der Waals surface area contributed by atoms with Crippen LogP contribution >= 0.6 is 23.4 Å². The molecule has 0 aliphatic carbocycles. The number of amides is 1. The number of nitrogens with one attached hydrogen (secondary N) is 1. The molecule has 0 bridgehead atoms. The zero-order valence-corrected chi connectivity index (χ0v) is 15.7. The predicted octanol–water partition coefficient (Wildman–Crippen LogP) is 3.88. The molecular formula is C18H13ClFN5OS. The van der Waals surface area contributed by atoms with Crippen LogP contribution in [0.2, 0.25) is 5.02 Å². The number of hydrogen-bond acceptors (Lipinski definition) is 5. The van der Waals surface area contributed by atoms with Crippen molar-refractivity contribution < 1.29 is 9.18 Å². The van der Waals surface area contributed by atoms with Gasteiger partial charge in [0, 0.05) is 12.1 Å². The molecule has 3 rings (SSSR count). The largest absolute Gasteiger partial charge is 0.324 e. The van der Waals surface area contributed by atoms with E-state index >= 15 is 0 Å². The number of carbonyl (C=O) groups is 1. The number of carbonyl (C=O) groups excluding carboxylic acids is 1. The summed E-state index contributed by atoms with van der Waals surface area (Å²) in [5.74, 6) is -0.306. The zero-order chi connectivity index (χ0) is 19.4. The van der Waals surface area contributed by atoms with Crippen molar-refractivity contribution in [3.63, 3.8) is 0 Å². The van der Waals surface area contributed by atoms with E-state index in [9.17, 15) is 9.18 Å². The minimum atomic E-state index is -0.396. The number of anilines is 1. The minimum absolute atomic E-state index is 0.0423. The summed E-state index contributed by atoms with van der Waals surface area (Å²) >= 11 is 7.06. The second kappa shape index (κ2) is 8.20. The van der Waals surface area contributed by atoms with Crippen LogP contribution in [0.4, 0.5) is 10.1 Å². The number of benzene rings is 2. The third-order valence-corrected chi connectivity index (χ3v) is 4.91. The highest BCUT2D eigenvalue weighted by molar-refractivity contribution is 7.99. The maximum Gasteiger partial charge on any atom is 0.234 e. The average molecular weight is 402 g/mol. The van der Waals surface area contributed by atoms with Gasteiger partial charge in [-0.2, -0.15) is 5.26 Å². The normalized spacial score (nSPS) is 10.4. The van der Waals surface area contributed by atoms with Crippen LogP contribution in [0.5, 0.6) is 0 Å². The van der Waals surface area contributed by atoms with Crippen LogP contribution in [0.3, 0.4) is 0 Å². The van der Waals surface area contributed by atoms with Gasteiger partial charge in [0.25, 0.3) is 0 Å². The molecule has 0 saturated heterocycles. The lowest BCUT2D eigenvalue weighted by Crippen LogP contribution is -2.15. The molecule has 1 aromatic heterocycles. The summed E-state index contributed by atoms with van der Waals surface area (Å²) in [4.78, 5) is 12.2. The van der Waals surface area contributed by atoms with Gasteiger partial charge in [0.15, 0.2) is 11.0 Å². The fraction of sp³-hybridized carbons (Fsp3) is 0.111. The topological polar surface area (TPSA) is 83.6 Å². The van der Waals surface area contributed by atoms with Gasteiger partial charge >= 0.3 is 0 Å². The van der Waals surface area contributed by atoms with E-state index in [4.69, 9.17) is 16.9 Å². The fourth-order valence-corrected chi connectivity index (χ4v) is 3.23. The van der Waals surface area contributed by atoms with Crippen LogP contribution in [-0.2, 0) is 11.8 Å². The molecule has 0 atom stereocenters. The first kappa shape index (κ1) is 18.9. The minimum Gasteiger partial charge on any atom is -0.324 e. The van der Waals surface area contributed by atoms with Gasteiger partial charge in [0.1, 0.15) is 11.9 Å². The third-order valence-electron chi connectivity index (χ3n) is 3.66.